The van der Waals surface area contributed by atoms with E-state index in [0.29, 0.717) is 6.42 Å². The molecule has 0 unspecified atom stereocenters. The molecule has 0 rings (SSSR count). The van der Waals surface area contributed by atoms with E-state index in [4.69, 9.17) is 10.8 Å². The monoisotopic (exact) mass is 171 g/mol. The van der Waals surface area contributed by atoms with Crippen LogP contribution in [0.15, 0.2) is 12.2 Å². The average molecular weight is 171 g/mol. The lowest BCUT2D eigenvalue weighted by Gasteiger charge is -2.11. The molecule has 0 heterocycles. The Morgan fingerprint density at radius 2 is 2.08 bits per heavy atom. The van der Waals surface area contributed by atoms with Crippen molar-refractivity contribution in [1.82, 2.24) is 0 Å². The van der Waals surface area contributed by atoms with Crippen LogP contribution in [0.5, 0.6) is 0 Å². The van der Waals surface area contributed by atoms with Crippen LogP contribution >= 0.6 is 0 Å². The molecule has 0 saturated carbocycles. The summed E-state index contributed by atoms with van der Waals surface area (Å²) in [5.41, 5.74) is 5.39. The number of allylic oxidation sites excluding steroid dienone is 1. The molecule has 0 aliphatic carbocycles. The first-order valence-corrected chi connectivity index (χ1v) is 3.99. The van der Waals surface area contributed by atoms with Crippen molar-refractivity contribution >= 4 is 5.97 Å². The molecular weight excluding hydrogens is 154 g/mol. The third kappa shape index (κ3) is 5.92. The molecule has 0 radical (unpaired) electrons. The van der Waals surface area contributed by atoms with Crippen molar-refractivity contribution < 1.29 is 9.90 Å². The molecule has 0 aliphatic rings. The van der Waals surface area contributed by atoms with Gasteiger partial charge in [-0.25, -0.2) is 0 Å². The molecule has 0 aromatic carbocycles. The summed E-state index contributed by atoms with van der Waals surface area (Å²) >= 11 is 0. The van der Waals surface area contributed by atoms with E-state index < -0.39 is 12.0 Å². The first-order chi connectivity index (χ1) is 5.33. The van der Waals surface area contributed by atoms with Crippen LogP contribution in [0.25, 0.3) is 0 Å². The van der Waals surface area contributed by atoms with Gasteiger partial charge in [0.05, 0.1) is 0 Å². The molecule has 70 valence electrons. The van der Waals surface area contributed by atoms with E-state index >= 15 is 0 Å². The van der Waals surface area contributed by atoms with Gasteiger partial charge < -0.3 is 10.8 Å². The molecule has 1 atom stereocenters. The smallest absolute Gasteiger partial charge is 0.320 e. The molecular formula is C9H17NO2. The van der Waals surface area contributed by atoms with Gasteiger partial charge in [-0.3, -0.25) is 4.79 Å². The van der Waals surface area contributed by atoms with Crippen LogP contribution in [0.3, 0.4) is 0 Å². The van der Waals surface area contributed by atoms with Crippen LogP contribution in [0.4, 0.5) is 0 Å². The summed E-state index contributed by atoms with van der Waals surface area (Å²) in [6.07, 6.45) is 4.18. The van der Waals surface area contributed by atoms with Gasteiger partial charge in [0.1, 0.15) is 6.04 Å². The molecule has 0 aromatic heterocycles. The molecule has 3 nitrogen and oxygen atoms in total. The predicted octanol–water partition coefficient (Wildman–Crippen LogP) is 1.39. The lowest BCUT2D eigenvalue weighted by atomic mass is 9.95. The van der Waals surface area contributed by atoms with E-state index in [1.807, 2.05) is 12.2 Å². The Bertz CT molecular complexity index is 179. The molecule has 0 aliphatic heterocycles. The first-order valence-electron chi connectivity index (χ1n) is 3.99. The number of rotatable bonds is 3. The minimum Gasteiger partial charge on any atom is -0.480 e. The van der Waals surface area contributed by atoms with Gasteiger partial charge in [0.2, 0.25) is 0 Å². The lowest BCUT2D eigenvalue weighted by molar-refractivity contribution is -0.138. The first kappa shape index (κ1) is 11.2. The number of carboxylic acid groups (broad SMARTS) is 1. The SMILES string of the molecule is CC(C)(C)C=CC[C@@H](N)C(=O)O. The molecule has 0 fully saturated rings. The molecule has 0 saturated heterocycles. The largest absolute Gasteiger partial charge is 0.480 e. The van der Waals surface area contributed by atoms with Crippen molar-refractivity contribution in [3.8, 4) is 0 Å². The number of nitrogens with two attached hydrogens (primary N) is 1. The van der Waals surface area contributed by atoms with E-state index in [1.165, 1.54) is 0 Å². The maximum absolute atomic E-state index is 10.3. The van der Waals surface area contributed by atoms with Crippen molar-refractivity contribution in [1.29, 1.82) is 0 Å². The number of hydrogen-bond donors (Lipinski definition) is 2. The van der Waals surface area contributed by atoms with Crippen LogP contribution < -0.4 is 5.73 Å². The predicted molar refractivity (Wildman–Crippen MR) is 48.8 cm³/mol. The van der Waals surface area contributed by atoms with Gasteiger partial charge in [0, 0.05) is 0 Å². The summed E-state index contributed by atoms with van der Waals surface area (Å²) in [5, 5.41) is 8.45. The van der Waals surface area contributed by atoms with E-state index in [-0.39, 0.29) is 5.41 Å². The highest BCUT2D eigenvalue weighted by Crippen LogP contribution is 2.14. The summed E-state index contributed by atoms with van der Waals surface area (Å²) in [5.74, 6) is -0.950. The molecule has 0 bridgehead atoms. The third-order valence-corrected chi connectivity index (χ3v) is 1.33. The van der Waals surface area contributed by atoms with Gasteiger partial charge in [-0.15, -0.1) is 0 Å². The quantitative estimate of drug-likeness (QED) is 0.631. The second kappa shape index (κ2) is 4.26. The Hall–Kier alpha value is -0.830. The maximum atomic E-state index is 10.3. The minimum absolute atomic E-state index is 0.0955. The summed E-state index contributed by atoms with van der Waals surface area (Å²) < 4.78 is 0. The van der Waals surface area contributed by atoms with Gasteiger partial charge >= 0.3 is 5.97 Å². The second-order valence-corrected chi connectivity index (χ2v) is 3.95. The Balaban J connectivity index is 3.83. The fourth-order valence-corrected chi connectivity index (χ4v) is 0.669. The van der Waals surface area contributed by atoms with E-state index in [1.54, 1.807) is 0 Å². The highest BCUT2D eigenvalue weighted by atomic mass is 16.4. The van der Waals surface area contributed by atoms with E-state index in [9.17, 15) is 4.79 Å². The van der Waals surface area contributed by atoms with Crippen LogP contribution in [-0.2, 0) is 4.79 Å². The van der Waals surface area contributed by atoms with E-state index in [2.05, 4.69) is 20.8 Å². The number of carboxylic acids is 1. The molecule has 3 N–H and O–H groups in total. The Labute approximate surface area is 73.3 Å². The number of hydrogen-bond acceptors (Lipinski definition) is 2. The minimum atomic E-state index is -0.950. The fourth-order valence-electron chi connectivity index (χ4n) is 0.669. The second-order valence-electron chi connectivity index (χ2n) is 3.95. The highest BCUT2D eigenvalue weighted by molar-refractivity contribution is 5.73. The zero-order chi connectivity index (χ0) is 9.78. The fraction of sp³-hybridized carbons (Fsp3) is 0.667. The summed E-state index contributed by atoms with van der Waals surface area (Å²) in [6.45, 7) is 6.15. The van der Waals surface area contributed by atoms with E-state index in [0.717, 1.165) is 0 Å². The van der Waals surface area contributed by atoms with Gasteiger partial charge in [-0.2, -0.15) is 0 Å². The Morgan fingerprint density at radius 1 is 1.58 bits per heavy atom. The molecule has 0 aromatic rings. The average Bonchev–Trinajstić information content (AvgIpc) is 1.84. The van der Waals surface area contributed by atoms with Crippen LogP contribution in [0, 0.1) is 5.41 Å². The summed E-state index contributed by atoms with van der Waals surface area (Å²) in [7, 11) is 0. The topological polar surface area (TPSA) is 63.3 Å². The zero-order valence-corrected chi connectivity index (χ0v) is 7.87. The number of aliphatic carboxylic acids is 1. The molecule has 3 heteroatoms. The summed E-state index contributed by atoms with van der Waals surface area (Å²) in [6, 6.07) is -0.774. The molecule has 0 amide bonds. The summed E-state index contributed by atoms with van der Waals surface area (Å²) in [4.78, 5) is 10.3. The van der Waals surface area contributed by atoms with Gasteiger partial charge in [-0.05, 0) is 11.8 Å². The standard InChI is InChI=1S/C9H17NO2/c1-9(2,3)6-4-5-7(10)8(11)12/h4,6-7H,5,10H2,1-3H3,(H,11,12)/t7-/m1/s1. The Kier molecular flexibility index (Phi) is 3.96. The van der Waals surface area contributed by atoms with Crippen molar-refractivity contribution in [3.05, 3.63) is 12.2 Å². The molecule has 12 heavy (non-hydrogen) atoms. The van der Waals surface area contributed by atoms with Crippen LogP contribution in [-0.4, -0.2) is 17.1 Å². The van der Waals surface area contributed by atoms with Gasteiger partial charge in [-0.1, -0.05) is 32.9 Å². The van der Waals surface area contributed by atoms with Gasteiger partial charge in [0.25, 0.3) is 0 Å². The van der Waals surface area contributed by atoms with Gasteiger partial charge in [0.15, 0.2) is 0 Å². The van der Waals surface area contributed by atoms with Crippen molar-refractivity contribution in [3.63, 3.8) is 0 Å². The van der Waals surface area contributed by atoms with Crippen LogP contribution in [0.2, 0.25) is 0 Å². The van der Waals surface area contributed by atoms with Crippen molar-refractivity contribution in [2.75, 3.05) is 0 Å². The normalized spacial score (nSPS) is 15.0. The van der Waals surface area contributed by atoms with Crippen molar-refractivity contribution in [2.24, 2.45) is 11.1 Å². The third-order valence-electron chi connectivity index (χ3n) is 1.33. The zero-order valence-electron chi connectivity index (χ0n) is 7.87. The van der Waals surface area contributed by atoms with Crippen molar-refractivity contribution in [2.45, 2.75) is 33.2 Å². The highest BCUT2D eigenvalue weighted by Gasteiger charge is 2.09. The lowest BCUT2D eigenvalue weighted by Crippen LogP contribution is -2.29. The maximum Gasteiger partial charge on any atom is 0.320 e. The molecule has 0 spiro atoms. The Morgan fingerprint density at radius 3 is 2.42 bits per heavy atom. The number of carbonyl (C=O) groups is 1. The van der Waals surface area contributed by atoms with Crippen LogP contribution in [0.1, 0.15) is 27.2 Å².